The van der Waals surface area contributed by atoms with Crippen LogP contribution in [0.4, 0.5) is 13.2 Å². The zero-order chi connectivity index (χ0) is 26.5. The van der Waals surface area contributed by atoms with E-state index < -0.39 is 17.7 Å². The van der Waals surface area contributed by atoms with E-state index in [2.05, 4.69) is 5.32 Å². The third-order valence-corrected chi connectivity index (χ3v) is 7.07. The van der Waals surface area contributed by atoms with Crippen LogP contribution in [0.15, 0.2) is 48.5 Å². The smallest absolute Gasteiger partial charge is 0.416 e. The molecule has 36 heavy (non-hydrogen) atoms. The predicted octanol–water partition coefficient (Wildman–Crippen LogP) is 6.83. The Morgan fingerprint density at radius 2 is 1.69 bits per heavy atom. The number of alkyl halides is 3. The van der Waals surface area contributed by atoms with E-state index in [9.17, 15) is 22.8 Å². The van der Waals surface area contributed by atoms with Gasteiger partial charge in [-0.05, 0) is 78.9 Å². The van der Waals surface area contributed by atoms with E-state index in [1.807, 2.05) is 39.0 Å². The largest absolute Gasteiger partial charge is 0.493 e. The molecule has 1 amide bonds. The number of carbonyl (C=O) groups is 2. The first-order valence-electron chi connectivity index (χ1n) is 11.5. The lowest BCUT2D eigenvalue weighted by atomic mass is 9.94. The first-order chi connectivity index (χ1) is 17.0. The minimum Gasteiger partial charge on any atom is -0.493 e. The van der Waals surface area contributed by atoms with Crippen LogP contribution < -0.4 is 10.1 Å². The van der Waals surface area contributed by atoms with Gasteiger partial charge in [0.05, 0.1) is 23.5 Å². The predicted molar refractivity (Wildman–Crippen MR) is 134 cm³/mol. The van der Waals surface area contributed by atoms with Crippen LogP contribution in [0.2, 0.25) is 0 Å². The second-order valence-corrected chi connectivity index (χ2v) is 9.64. The molecule has 3 aromatic rings. The van der Waals surface area contributed by atoms with Crippen molar-refractivity contribution >= 4 is 23.2 Å². The summed E-state index contributed by atoms with van der Waals surface area (Å²) in [7, 11) is 0. The van der Waals surface area contributed by atoms with Crippen molar-refractivity contribution in [2.24, 2.45) is 0 Å². The average Bonchev–Trinajstić information content (AvgIpc) is 3.29. The Balaban J connectivity index is 1.68. The second-order valence-electron chi connectivity index (χ2n) is 8.53. The molecule has 0 saturated heterocycles. The Labute approximate surface area is 211 Å². The lowest BCUT2D eigenvalue weighted by Crippen LogP contribution is -2.25. The highest BCUT2D eigenvalue weighted by Crippen LogP contribution is 2.35. The normalized spacial score (nSPS) is 12.3. The Kier molecular flexibility index (Phi) is 8.79. The van der Waals surface area contributed by atoms with Crippen LogP contribution >= 0.6 is 11.3 Å². The van der Waals surface area contributed by atoms with Crippen molar-refractivity contribution in [1.29, 1.82) is 0 Å². The van der Waals surface area contributed by atoms with Gasteiger partial charge in [-0.15, -0.1) is 11.3 Å². The van der Waals surface area contributed by atoms with Crippen LogP contribution in [-0.2, 0) is 11.0 Å². The van der Waals surface area contributed by atoms with Crippen molar-refractivity contribution in [1.82, 2.24) is 5.32 Å². The minimum atomic E-state index is -4.37. The number of rotatable bonds is 10. The van der Waals surface area contributed by atoms with Crippen LogP contribution in [0.3, 0.4) is 0 Å². The van der Waals surface area contributed by atoms with Crippen molar-refractivity contribution in [3.8, 4) is 16.9 Å². The quantitative estimate of drug-likeness (QED) is 0.308. The van der Waals surface area contributed by atoms with Gasteiger partial charge in [-0.3, -0.25) is 9.59 Å². The number of benzene rings is 2. The van der Waals surface area contributed by atoms with Crippen LogP contribution in [-0.4, -0.2) is 30.1 Å². The van der Waals surface area contributed by atoms with Crippen LogP contribution in [0.1, 0.15) is 56.9 Å². The third-order valence-electron chi connectivity index (χ3n) is 5.83. The number of thiophene rings is 1. The second kappa shape index (κ2) is 11.6. The highest BCUT2D eigenvalue weighted by molar-refractivity contribution is 7.14. The number of aliphatic carboxylic acids is 1. The maximum absolute atomic E-state index is 12.9. The first-order valence-corrected chi connectivity index (χ1v) is 12.3. The van der Waals surface area contributed by atoms with Crippen molar-refractivity contribution in [3.05, 3.63) is 75.0 Å². The average molecular weight is 520 g/mol. The lowest BCUT2D eigenvalue weighted by molar-refractivity contribution is -0.138. The molecule has 0 aliphatic rings. The maximum atomic E-state index is 12.9. The summed E-state index contributed by atoms with van der Waals surface area (Å²) in [6, 6.07) is 12.5. The van der Waals surface area contributed by atoms with Gasteiger partial charge in [-0.1, -0.05) is 19.1 Å². The summed E-state index contributed by atoms with van der Waals surface area (Å²) in [4.78, 5) is 24.4. The van der Waals surface area contributed by atoms with Gasteiger partial charge >= 0.3 is 12.1 Å². The van der Waals surface area contributed by atoms with Crippen molar-refractivity contribution in [2.45, 2.75) is 45.7 Å². The molecule has 2 N–H and O–H groups in total. The maximum Gasteiger partial charge on any atom is 0.416 e. The van der Waals surface area contributed by atoms with E-state index in [0.717, 1.165) is 40.1 Å². The number of aryl methyl sites for hydroxylation is 2. The fourth-order valence-electron chi connectivity index (χ4n) is 3.95. The summed E-state index contributed by atoms with van der Waals surface area (Å²) in [6.45, 7) is 6.31. The number of ether oxygens (including phenoxy) is 1. The van der Waals surface area contributed by atoms with E-state index in [-0.39, 0.29) is 24.8 Å². The Hall–Kier alpha value is -3.33. The van der Waals surface area contributed by atoms with Gasteiger partial charge in [0.15, 0.2) is 0 Å². The molecule has 1 atom stereocenters. The van der Waals surface area contributed by atoms with Gasteiger partial charge in [0, 0.05) is 17.3 Å². The Morgan fingerprint density at radius 1 is 1.06 bits per heavy atom. The highest BCUT2D eigenvalue weighted by Gasteiger charge is 2.30. The van der Waals surface area contributed by atoms with Gasteiger partial charge in [0.1, 0.15) is 5.75 Å². The molecule has 0 saturated carbocycles. The third kappa shape index (κ3) is 6.87. The zero-order valence-corrected chi connectivity index (χ0v) is 21.1. The Bertz CT molecular complexity index is 1200. The van der Waals surface area contributed by atoms with Crippen molar-refractivity contribution < 1.29 is 32.6 Å². The zero-order valence-electron chi connectivity index (χ0n) is 20.2. The number of amides is 1. The van der Waals surface area contributed by atoms with E-state index in [4.69, 9.17) is 9.84 Å². The number of carboxylic acid groups (broad SMARTS) is 1. The number of halogens is 3. The summed E-state index contributed by atoms with van der Waals surface area (Å²) < 4.78 is 44.8. The molecule has 1 heterocycles. The molecule has 2 aromatic carbocycles. The monoisotopic (exact) mass is 519 g/mol. The van der Waals surface area contributed by atoms with E-state index >= 15 is 0 Å². The topological polar surface area (TPSA) is 75.6 Å². The van der Waals surface area contributed by atoms with Gasteiger partial charge < -0.3 is 15.2 Å². The van der Waals surface area contributed by atoms with Crippen LogP contribution in [0.5, 0.6) is 5.75 Å². The number of hydrogen-bond acceptors (Lipinski definition) is 4. The molecule has 0 aliphatic heterocycles. The fourth-order valence-corrected chi connectivity index (χ4v) is 5.04. The molecule has 9 heteroatoms. The molecule has 1 aromatic heterocycles. The molecule has 1 unspecified atom stereocenters. The van der Waals surface area contributed by atoms with Crippen LogP contribution in [0, 0.1) is 13.8 Å². The molecule has 192 valence electrons. The van der Waals surface area contributed by atoms with Gasteiger partial charge in [-0.25, -0.2) is 0 Å². The lowest BCUT2D eigenvalue weighted by Gasteiger charge is -2.17. The summed E-state index contributed by atoms with van der Waals surface area (Å²) in [5, 5.41) is 11.3. The van der Waals surface area contributed by atoms with Crippen LogP contribution in [0.25, 0.3) is 11.1 Å². The molecule has 5 nitrogen and oxygen atoms in total. The first kappa shape index (κ1) is 27.3. The number of hydrogen-bond donors (Lipinski definition) is 2. The van der Waals surface area contributed by atoms with Gasteiger partial charge in [0.25, 0.3) is 5.91 Å². The van der Waals surface area contributed by atoms with Gasteiger partial charge in [0.2, 0.25) is 0 Å². The molecular formula is C27H28F3NO4S. The molecular weight excluding hydrogens is 491 g/mol. The molecule has 0 spiro atoms. The summed E-state index contributed by atoms with van der Waals surface area (Å²) in [5.74, 6) is -0.537. The number of carbonyl (C=O) groups excluding carboxylic acids is 1. The Morgan fingerprint density at radius 3 is 2.25 bits per heavy atom. The molecule has 0 aliphatic carbocycles. The molecule has 0 fully saturated rings. The fraction of sp³-hybridized carbons (Fsp3) is 0.333. The number of carboxylic acids is 1. The van der Waals surface area contributed by atoms with Crippen molar-refractivity contribution in [2.75, 3.05) is 13.2 Å². The minimum absolute atomic E-state index is 0.0609. The molecule has 0 bridgehead atoms. The number of nitrogens with one attached hydrogen (secondary N) is 1. The van der Waals surface area contributed by atoms with Gasteiger partial charge in [-0.2, -0.15) is 13.2 Å². The van der Waals surface area contributed by atoms with E-state index in [1.54, 1.807) is 6.07 Å². The summed E-state index contributed by atoms with van der Waals surface area (Å²) in [6.07, 6.45) is -3.71. The summed E-state index contributed by atoms with van der Waals surface area (Å²) in [5.41, 5.74) is 2.70. The SMILES string of the molecule is CCC(COc1cc(C)c(-c2ccc(C(F)(F)F)cc2)c(C)c1)c1ccc(C(=O)NCCC(=O)O)s1. The molecule has 3 rings (SSSR count). The highest BCUT2D eigenvalue weighted by atomic mass is 32.1. The standard InChI is InChI=1S/C27H28F3NO4S/c1-4-18(22-9-10-23(36-22)26(34)31-12-11-24(32)33)15-35-21-13-16(2)25(17(3)14-21)19-5-7-20(8-6-19)27(28,29)30/h5-10,13-14,18H,4,11-12,15H2,1-3H3,(H,31,34)(H,32,33). The van der Waals surface area contributed by atoms with Crippen molar-refractivity contribution in [3.63, 3.8) is 0 Å². The molecule has 0 radical (unpaired) electrons. The van der Waals surface area contributed by atoms with E-state index in [1.165, 1.54) is 23.5 Å². The summed E-state index contributed by atoms with van der Waals surface area (Å²) >= 11 is 1.36. The van der Waals surface area contributed by atoms with E-state index in [0.29, 0.717) is 22.8 Å².